The lowest BCUT2D eigenvalue weighted by atomic mass is 10.1. The van der Waals surface area contributed by atoms with E-state index in [1.807, 2.05) is 6.92 Å². The van der Waals surface area contributed by atoms with Crippen molar-refractivity contribution in [2.24, 2.45) is 5.73 Å². The minimum absolute atomic E-state index is 0.179. The Morgan fingerprint density at radius 1 is 1.41 bits per heavy atom. The maximum atomic E-state index is 13.5. The van der Waals surface area contributed by atoms with Gasteiger partial charge in [0.05, 0.1) is 6.04 Å². The van der Waals surface area contributed by atoms with E-state index in [0.29, 0.717) is 6.54 Å². The minimum Gasteiger partial charge on any atom is -0.333 e. The van der Waals surface area contributed by atoms with Crippen molar-refractivity contribution < 1.29 is 8.78 Å². The molecule has 1 unspecified atom stereocenters. The topological polar surface area (TPSA) is 43.8 Å². The van der Waals surface area contributed by atoms with Gasteiger partial charge in [-0.05, 0) is 25.1 Å². The van der Waals surface area contributed by atoms with Crippen molar-refractivity contribution in [2.45, 2.75) is 19.5 Å². The molecule has 0 saturated heterocycles. The normalized spacial score (nSPS) is 12.7. The molecule has 0 spiro atoms. The molecular formula is C12H13F2N3. The van der Waals surface area contributed by atoms with Gasteiger partial charge < -0.3 is 10.3 Å². The van der Waals surface area contributed by atoms with Crippen LogP contribution in [-0.4, -0.2) is 9.55 Å². The first-order valence-corrected chi connectivity index (χ1v) is 5.26. The van der Waals surface area contributed by atoms with Crippen LogP contribution in [0.2, 0.25) is 0 Å². The number of hydrogen-bond donors (Lipinski definition) is 1. The summed E-state index contributed by atoms with van der Waals surface area (Å²) in [5.41, 5.74) is 6.05. The Labute approximate surface area is 97.9 Å². The van der Waals surface area contributed by atoms with Crippen LogP contribution >= 0.6 is 0 Å². The van der Waals surface area contributed by atoms with Gasteiger partial charge in [-0.25, -0.2) is 13.8 Å². The molecule has 0 radical (unpaired) electrons. The third kappa shape index (κ3) is 2.50. The standard InChI is InChI=1S/C12H13F2N3/c1-8-16-4-5-17(8)7-12(15)10-6-9(13)2-3-11(10)14/h2-6,12H,7,15H2,1H3. The molecule has 1 atom stereocenters. The van der Waals surface area contributed by atoms with Crippen LogP contribution in [-0.2, 0) is 6.54 Å². The number of imidazole rings is 1. The maximum Gasteiger partial charge on any atom is 0.128 e. The zero-order valence-electron chi connectivity index (χ0n) is 9.40. The van der Waals surface area contributed by atoms with E-state index in [1.165, 1.54) is 0 Å². The summed E-state index contributed by atoms with van der Waals surface area (Å²) >= 11 is 0. The van der Waals surface area contributed by atoms with E-state index in [9.17, 15) is 8.78 Å². The highest BCUT2D eigenvalue weighted by molar-refractivity contribution is 5.22. The molecular weight excluding hydrogens is 224 g/mol. The van der Waals surface area contributed by atoms with Crippen LogP contribution in [0.1, 0.15) is 17.4 Å². The van der Waals surface area contributed by atoms with Crippen LogP contribution in [0.4, 0.5) is 8.78 Å². The monoisotopic (exact) mass is 237 g/mol. The molecule has 1 heterocycles. The molecule has 2 N–H and O–H groups in total. The lowest BCUT2D eigenvalue weighted by molar-refractivity contribution is 0.517. The van der Waals surface area contributed by atoms with Crippen molar-refractivity contribution >= 4 is 0 Å². The van der Waals surface area contributed by atoms with Gasteiger partial charge >= 0.3 is 0 Å². The van der Waals surface area contributed by atoms with E-state index in [4.69, 9.17) is 5.73 Å². The molecule has 17 heavy (non-hydrogen) atoms. The summed E-state index contributed by atoms with van der Waals surface area (Å²) in [6.07, 6.45) is 3.40. The van der Waals surface area contributed by atoms with E-state index < -0.39 is 17.7 Å². The lowest BCUT2D eigenvalue weighted by Gasteiger charge is -2.14. The number of nitrogens with two attached hydrogens (primary N) is 1. The fourth-order valence-electron chi connectivity index (χ4n) is 1.71. The van der Waals surface area contributed by atoms with Crippen molar-refractivity contribution in [3.05, 3.63) is 53.6 Å². The van der Waals surface area contributed by atoms with Crippen molar-refractivity contribution in [1.29, 1.82) is 0 Å². The number of benzene rings is 1. The van der Waals surface area contributed by atoms with Crippen molar-refractivity contribution in [2.75, 3.05) is 0 Å². The molecule has 1 aromatic carbocycles. The van der Waals surface area contributed by atoms with E-state index in [-0.39, 0.29) is 5.56 Å². The van der Waals surface area contributed by atoms with Crippen molar-refractivity contribution in [1.82, 2.24) is 9.55 Å². The number of aryl methyl sites for hydroxylation is 1. The van der Waals surface area contributed by atoms with Crippen LogP contribution in [0.15, 0.2) is 30.6 Å². The first kappa shape index (κ1) is 11.7. The van der Waals surface area contributed by atoms with Gasteiger partial charge in [0, 0.05) is 24.5 Å². The van der Waals surface area contributed by atoms with E-state index in [2.05, 4.69) is 4.98 Å². The van der Waals surface area contributed by atoms with Gasteiger partial charge in [0.2, 0.25) is 0 Å². The molecule has 0 amide bonds. The molecule has 0 fully saturated rings. The van der Waals surface area contributed by atoms with E-state index in [0.717, 1.165) is 24.0 Å². The van der Waals surface area contributed by atoms with Crippen LogP contribution in [0.5, 0.6) is 0 Å². The SMILES string of the molecule is Cc1nccn1CC(N)c1cc(F)ccc1F. The minimum atomic E-state index is -0.599. The Bertz CT molecular complexity index is 522. The first-order valence-electron chi connectivity index (χ1n) is 5.26. The highest BCUT2D eigenvalue weighted by atomic mass is 19.1. The second-order valence-electron chi connectivity index (χ2n) is 3.90. The second kappa shape index (κ2) is 4.63. The summed E-state index contributed by atoms with van der Waals surface area (Å²) in [6.45, 7) is 2.20. The van der Waals surface area contributed by atoms with Gasteiger partial charge in [0.15, 0.2) is 0 Å². The molecule has 5 heteroatoms. The second-order valence-corrected chi connectivity index (χ2v) is 3.90. The Balaban J connectivity index is 2.23. The summed E-state index contributed by atoms with van der Waals surface area (Å²) in [6, 6.07) is 2.70. The molecule has 0 aliphatic heterocycles. The summed E-state index contributed by atoms with van der Waals surface area (Å²) in [7, 11) is 0. The van der Waals surface area contributed by atoms with Crippen LogP contribution in [0.3, 0.4) is 0 Å². The highest BCUT2D eigenvalue weighted by Crippen LogP contribution is 2.18. The maximum absolute atomic E-state index is 13.5. The molecule has 2 aromatic rings. The van der Waals surface area contributed by atoms with Crippen LogP contribution in [0.25, 0.3) is 0 Å². The van der Waals surface area contributed by atoms with Gasteiger partial charge in [-0.3, -0.25) is 0 Å². The van der Waals surface area contributed by atoms with Crippen LogP contribution < -0.4 is 5.73 Å². The number of rotatable bonds is 3. The smallest absolute Gasteiger partial charge is 0.128 e. The summed E-state index contributed by atoms with van der Waals surface area (Å²) in [5, 5.41) is 0. The Hall–Kier alpha value is -1.75. The third-order valence-electron chi connectivity index (χ3n) is 2.67. The molecule has 0 aliphatic carbocycles. The molecule has 90 valence electrons. The number of hydrogen-bond acceptors (Lipinski definition) is 2. The Morgan fingerprint density at radius 2 is 2.18 bits per heavy atom. The Morgan fingerprint density at radius 3 is 2.82 bits per heavy atom. The van der Waals surface area contributed by atoms with Gasteiger partial charge in [0.25, 0.3) is 0 Å². The zero-order valence-corrected chi connectivity index (χ0v) is 9.40. The molecule has 2 rings (SSSR count). The number of halogens is 2. The zero-order chi connectivity index (χ0) is 12.4. The van der Waals surface area contributed by atoms with Gasteiger partial charge in [-0.15, -0.1) is 0 Å². The predicted octanol–water partition coefficient (Wildman–Crippen LogP) is 2.17. The number of nitrogens with zero attached hydrogens (tertiary/aromatic N) is 2. The van der Waals surface area contributed by atoms with Gasteiger partial charge in [0.1, 0.15) is 17.5 Å². The van der Waals surface area contributed by atoms with Crippen LogP contribution in [0, 0.1) is 18.6 Å². The van der Waals surface area contributed by atoms with Crippen molar-refractivity contribution in [3.8, 4) is 0 Å². The molecule has 0 saturated carbocycles. The van der Waals surface area contributed by atoms with Crippen molar-refractivity contribution in [3.63, 3.8) is 0 Å². The number of aromatic nitrogens is 2. The van der Waals surface area contributed by atoms with E-state index >= 15 is 0 Å². The Kier molecular flexibility index (Phi) is 3.19. The van der Waals surface area contributed by atoms with E-state index in [1.54, 1.807) is 17.0 Å². The summed E-state index contributed by atoms with van der Waals surface area (Å²) in [5.74, 6) is -0.187. The quantitative estimate of drug-likeness (QED) is 0.889. The fraction of sp³-hybridized carbons (Fsp3) is 0.250. The van der Waals surface area contributed by atoms with Gasteiger partial charge in [-0.1, -0.05) is 0 Å². The fourth-order valence-corrected chi connectivity index (χ4v) is 1.71. The molecule has 0 bridgehead atoms. The predicted molar refractivity (Wildman–Crippen MR) is 60.3 cm³/mol. The lowest BCUT2D eigenvalue weighted by Crippen LogP contribution is -2.19. The highest BCUT2D eigenvalue weighted by Gasteiger charge is 2.13. The molecule has 1 aromatic heterocycles. The molecule has 0 aliphatic rings. The third-order valence-corrected chi connectivity index (χ3v) is 2.67. The first-order chi connectivity index (χ1) is 8.08. The average molecular weight is 237 g/mol. The summed E-state index contributed by atoms with van der Waals surface area (Å²) < 4.78 is 28.3. The molecule has 3 nitrogen and oxygen atoms in total. The van der Waals surface area contributed by atoms with Gasteiger partial charge in [-0.2, -0.15) is 0 Å². The average Bonchev–Trinajstić information content (AvgIpc) is 2.68. The summed E-state index contributed by atoms with van der Waals surface area (Å²) in [4.78, 5) is 4.04. The largest absolute Gasteiger partial charge is 0.333 e.